The maximum atomic E-state index is 11.2. The fourth-order valence-corrected chi connectivity index (χ4v) is 1.13. The molecule has 0 saturated carbocycles. The highest BCUT2D eigenvalue weighted by Crippen LogP contribution is 1.92. The summed E-state index contributed by atoms with van der Waals surface area (Å²) in [6, 6.07) is 0.230. The van der Waals surface area contributed by atoms with Crippen LogP contribution >= 0.6 is 0 Å². The van der Waals surface area contributed by atoms with Crippen molar-refractivity contribution >= 4 is 5.97 Å². The van der Waals surface area contributed by atoms with Crippen LogP contribution in [0.1, 0.15) is 33.1 Å². The van der Waals surface area contributed by atoms with Gasteiger partial charge in [0.05, 0.1) is 19.8 Å². The molecule has 0 amide bonds. The molecule has 1 unspecified atom stereocenters. The van der Waals surface area contributed by atoms with Crippen molar-refractivity contribution in [2.45, 2.75) is 39.2 Å². The zero-order valence-electron chi connectivity index (χ0n) is 10.0. The standard InChI is InChI=1S/C11H23NO3/c1-4-6-7-15-11(13)8-12-10(5-2)9-14-3/h10,12H,4-9H2,1-3H3. The number of methoxy groups -OCH3 is 1. The van der Waals surface area contributed by atoms with E-state index >= 15 is 0 Å². The van der Waals surface area contributed by atoms with Gasteiger partial charge in [-0.3, -0.25) is 4.79 Å². The number of rotatable bonds is 9. The van der Waals surface area contributed by atoms with E-state index in [1.807, 2.05) is 0 Å². The lowest BCUT2D eigenvalue weighted by Crippen LogP contribution is -2.37. The van der Waals surface area contributed by atoms with Crippen molar-refractivity contribution in [3.63, 3.8) is 0 Å². The number of hydrogen-bond acceptors (Lipinski definition) is 4. The van der Waals surface area contributed by atoms with Crippen LogP contribution in [0.15, 0.2) is 0 Å². The van der Waals surface area contributed by atoms with Gasteiger partial charge in [-0.2, -0.15) is 0 Å². The second-order valence-electron chi connectivity index (χ2n) is 3.52. The third kappa shape index (κ3) is 8.39. The zero-order valence-corrected chi connectivity index (χ0v) is 10.0. The molecule has 0 heterocycles. The van der Waals surface area contributed by atoms with Gasteiger partial charge in [-0.25, -0.2) is 0 Å². The van der Waals surface area contributed by atoms with Crippen molar-refractivity contribution in [2.75, 3.05) is 26.9 Å². The monoisotopic (exact) mass is 217 g/mol. The highest BCUT2D eigenvalue weighted by molar-refractivity contribution is 5.71. The number of ether oxygens (including phenoxy) is 2. The van der Waals surface area contributed by atoms with Crippen LogP contribution in [0.2, 0.25) is 0 Å². The number of carbonyl (C=O) groups excluding carboxylic acids is 1. The molecule has 0 aliphatic carbocycles. The molecule has 1 atom stereocenters. The Morgan fingerprint density at radius 2 is 2.13 bits per heavy atom. The van der Waals surface area contributed by atoms with Crippen LogP contribution < -0.4 is 5.32 Å². The van der Waals surface area contributed by atoms with E-state index in [2.05, 4.69) is 19.2 Å². The molecule has 0 radical (unpaired) electrons. The molecule has 0 saturated heterocycles. The van der Waals surface area contributed by atoms with E-state index in [1.54, 1.807) is 7.11 Å². The molecule has 0 aromatic rings. The number of hydrogen-bond donors (Lipinski definition) is 1. The molecule has 4 nitrogen and oxygen atoms in total. The summed E-state index contributed by atoms with van der Waals surface area (Å²) in [5, 5.41) is 3.10. The summed E-state index contributed by atoms with van der Waals surface area (Å²) in [6.07, 6.45) is 2.92. The smallest absolute Gasteiger partial charge is 0.319 e. The van der Waals surface area contributed by atoms with Gasteiger partial charge in [-0.15, -0.1) is 0 Å². The molecule has 0 aliphatic rings. The minimum atomic E-state index is -0.182. The van der Waals surface area contributed by atoms with Crippen LogP contribution in [0, 0.1) is 0 Å². The number of unbranched alkanes of at least 4 members (excludes halogenated alkanes) is 1. The summed E-state index contributed by atoms with van der Waals surface area (Å²) >= 11 is 0. The van der Waals surface area contributed by atoms with E-state index in [-0.39, 0.29) is 18.6 Å². The van der Waals surface area contributed by atoms with Crippen molar-refractivity contribution < 1.29 is 14.3 Å². The van der Waals surface area contributed by atoms with Gasteiger partial charge in [0, 0.05) is 13.2 Å². The Morgan fingerprint density at radius 3 is 2.67 bits per heavy atom. The van der Waals surface area contributed by atoms with E-state index in [9.17, 15) is 4.79 Å². The first-order chi connectivity index (χ1) is 7.24. The maximum absolute atomic E-state index is 11.2. The summed E-state index contributed by atoms with van der Waals surface area (Å²) in [5.74, 6) is -0.182. The largest absolute Gasteiger partial charge is 0.465 e. The Morgan fingerprint density at radius 1 is 1.40 bits per heavy atom. The highest BCUT2D eigenvalue weighted by Gasteiger charge is 2.08. The molecule has 15 heavy (non-hydrogen) atoms. The molecule has 1 N–H and O–H groups in total. The average Bonchev–Trinajstić information content (AvgIpc) is 2.24. The van der Waals surface area contributed by atoms with Crippen molar-refractivity contribution in [3.05, 3.63) is 0 Å². The van der Waals surface area contributed by atoms with Gasteiger partial charge in [-0.1, -0.05) is 20.3 Å². The number of carbonyl (C=O) groups is 1. The molecule has 90 valence electrons. The molecule has 4 heteroatoms. The van der Waals surface area contributed by atoms with E-state index < -0.39 is 0 Å². The van der Waals surface area contributed by atoms with E-state index in [1.165, 1.54) is 0 Å². The van der Waals surface area contributed by atoms with Crippen LogP contribution in [0.5, 0.6) is 0 Å². The van der Waals surface area contributed by atoms with E-state index in [0.29, 0.717) is 13.2 Å². The van der Waals surface area contributed by atoms with Gasteiger partial charge in [0.25, 0.3) is 0 Å². The van der Waals surface area contributed by atoms with Gasteiger partial charge in [0.2, 0.25) is 0 Å². The molecule has 0 fully saturated rings. The van der Waals surface area contributed by atoms with Crippen LogP contribution in [-0.2, 0) is 14.3 Å². The first-order valence-corrected chi connectivity index (χ1v) is 5.62. The Labute approximate surface area is 92.3 Å². The minimum Gasteiger partial charge on any atom is -0.465 e. The van der Waals surface area contributed by atoms with Crippen LogP contribution in [-0.4, -0.2) is 38.9 Å². The molecule has 0 aliphatic heterocycles. The topological polar surface area (TPSA) is 47.6 Å². The summed E-state index contributed by atoms with van der Waals surface area (Å²) in [6.45, 7) is 5.54. The van der Waals surface area contributed by atoms with E-state index in [0.717, 1.165) is 19.3 Å². The summed E-state index contributed by atoms with van der Waals surface area (Å²) in [5.41, 5.74) is 0. The Hall–Kier alpha value is -0.610. The first-order valence-electron chi connectivity index (χ1n) is 5.62. The second kappa shape index (κ2) is 9.93. The van der Waals surface area contributed by atoms with Crippen molar-refractivity contribution in [3.8, 4) is 0 Å². The Kier molecular flexibility index (Phi) is 9.52. The minimum absolute atomic E-state index is 0.182. The fourth-order valence-electron chi connectivity index (χ4n) is 1.13. The first kappa shape index (κ1) is 14.4. The number of esters is 1. The Bertz CT molecular complexity index is 162. The van der Waals surface area contributed by atoms with Crippen molar-refractivity contribution in [2.24, 2.45) is 0 Å². The SMILES string of the molecule is CCCCOC(=O)CNC(CC)COC. The number of nitrogens with one attached hydrogen (secondary N) is 1. The van der Waals surface area contributed by atoms with Gasteiger partial charge < -0.3 is 14.8 Å². The third-order valence-electron chi connectivity index (χ3n) is 2.16. The maximum Gasteiger partial charge on any atom is 0.319 e. The van der Waals surface area contributed by atoms with Gasteiger partial charge >= 0.3 is 5.97 Å². The second-order valence-corrected chi connectivity index (χ2v) is 3.52. The average molecular weight is 217 g/mol. The molecular formula is C11H23NO3. The summed E-state index contributed by atoms with van der Waals surface area (Å²) in [4.78, 5) is 11.2. The Balaban J connectivity index is 3.50. The van der Waals surface area contributed by atoms with Gasteiger partial charge in [0.15, 0.2) is 0 Å². The molecule has 0 bridgehead atoms. The van der Waals surface area contributed by atoms with Crippen LogP contribution in [0.25, 0.3) is 0 Å². The fraction of sp³-hybridized carbons (Fsp3) is 0.909. The van der Waals surface area contributed by atoms with Crippen molar-refractivity contribution in [1.82, 2.24) is 5.32 Å². The van der Waals surface area contributed by atoms with Gasteiger partial charge in [0.1, 0.15) is 0 Å². The zero-order chi connectivity index (χ0) is 11.5. The summed E-state index contributed by atoms with van der Waals surface area (Å²) in [7, 11) is 1.66. The lowest BCUT2D eigenvalue weighted by molar-refractivity contribution is -0.142. The molecule has 0 spiro atoms. The van der Waals surface area contributed by atoms with Crippen LogP contribution in [0.4, 0.5) is 0 Å². The molecule has 0 aromatic heterocycles. The lowest BCUT2D eigenvalue weighted by atomic mass is 10.2. The quantitative estimate of drug-likeness (QED) is 0.468. The predicted octanol–water partition coefficient (Wildman–Crippen LogP) is 1.34. The molecular weight excluding hydrogens is 194 g/mol. The third-order valence-corrected chi connectivity index (χ3v) is 2.16. The summed E-state index contributed by atoms with van der Waals surface area (Å²) < 4.78 is 10.0. The van der Waals surface area contributed by atoms with Crippen molar-refractivity contribution in [1.29, 1.82) is 0 Å². The molecule has 0 aromatic carbocycles. The normalized spacial score (nSPS) is 12.5. The molecule has 0 rings (SSSR count). The van der Waals surface area contributed by atoms with Crippen LogP contribution in [0.3, 0.4) is 0 Å². The highest BCUT2D eigenvalue weighted by atomic mass is 16.5. The van der Waals surface area contributed by atoms with Gasteiger partial charge in [-0.05, 0) is 12.8 Å². The lowest BCUT2D eigenvalue weighted by Gasteiger charge is -2.15. The van der Waals surface area contributed by atoms with E-state index in [4.69, 9.17) is 9.47 Å². The predicted molar refractivity (Wildman–Crippen MR) is 59.8 cm³/mol.